The van der Waals surface area contributed by atoms with Gasteiger partial charge in [-0.3, -0.25) is 4.79 Å². The van der Waals surface area contributed by atoms with Gasteiger partial charge in [0.15, 0.2) is 6.29 Å². The van der Waals surface area contributed by atoms with E-state index in [0.717, 1.165) is 38.5 Å². The lowest BCUT2D eigenvalue weighted by atomic mass is 9.99. The third-order valence-electron chi connectivity index (χ3n) is 14.5. The van der Waals surface area contributed by atoms with Crippen LogP contribution in [0.2, 0.25) is 0 Å². The largest absolute Gasteiger partial charge is 0.394 e. The summed E-state index contributed by atoms with van der Waals surface area (Å²) in [5.74, 6) is -0.175. The number of carbonyl (C=O) groups is 1. The molecule has 1 rings (SSSR count). The second kappa shape index (κ2) is 50.2. The highest BCUT2D eigenvalue weighted by Crippen LogP contribution is 2.23. The molecule has 0 radical (unpaired) electrons. The van der Waals surface area contributed by atoms with Gasteiger partial charge in [-0.25, -0.2) is 0 Å². The molecule has 7 atom stereocenters. The summed E-state index contributed by atoms with van der Waals surface area (Å²) in [6.45, 7) is 3.82. The smallest absolute Gasteiger partial charge is 0.220 e. The third kappa shape index (κ3) is 39.8. The predicted octanol–water partition coefficient (Wildman–Crippen LogP) is 15.0. The van der Waals surface area contributed by atoms with Crippen molar-refractivity contribution in [2.45, 2.75) is 339 Å². The summed E-state index contributed by atoms with van der Waals surface area (Å²) in [5.41, 5.74) is 0. The molecule has 1 saturated heterocycles. The van der Waals surface area contributed by atoms with Crippen LogP contribution in [0.5, 0.6) is 0 Å². The Morgan fingerprint density at radius 2 is 0.812 bits per heavy atom. The highest BCUT2D eigenvalue weighted by atomic mass is 16.7. The Morgan fingerprint density at radius 1 is 0.478 bits per heavy atom. The minimum atomic E-state index is -1.57. The first-order valence-corrected chi connectivity index (χ1v) is 30.1. The average molecular weight is 979 g/mol. The number of aliphatic hydroxyl groups is 5. The number of carbonyl (C=O) groups excluding carboxylic acids is 1. The van der Waals surface area contributed by atoms with E-state index in [2.05, 4.69) is 31.3 Å². The van der Waals surface area contributed by atoms with Gasteiger partial charge in [-0.15, -0.1) is 0 Å². The fraction of sp³-hybridized carbons (Fsp3) is 0.917. The standard InChI is InChI=1S/C60H115NO8/c1-3-5-7-9-11-13-15-17-19-21-23-25-27-28-30-32-34-36-38-40-42-44-46-48-50-56(64)61-53(52-68-60-59(67)58(66)57(65)55(51-62)69-60)54(63)49-47-45-43-41-39-37-35-33-31-29-26-24-22-20-18-16-14-12-10-8-6-4-2/h28,30,47,49,53-55,57-60,62-63,65-67H,3-27,29,31-46,48,50-52H2,1-2H3,(H,61,64)/b30-28-,49-47+. The van der Waals surface area contributed by atoms with Crippen molar-refractivity contribution in [2.75, 3.05) is 13.2 Å². The number of nitrogens with one attached hydrogen (secondary N) is 1. The van der Waals surface area contributed by atoms with E-state index >= 15 is 0 Å². The normalized spacial score (nSPS) is 19.6. The van der Waals surface area contributed by atoms with E-state index < -0.39 is 49.5 Å². The quantitative estimate of drug-likeness (QED) is 0.0261. The number of hydrogen-bond acceptors (Lipinski definition) is 8. The first kappa shape index (κ1) is 65.7. The molecule has 6 N–H and O–H groups in total. The van der Waals surface area contributed by atoms with Crippen LogP contribution in [0.1, 0.15) is 296 Å². The summed E-state index contributed by atoms with van der Waals surface area (Å²) in [5, 5.41) is 54.6. The summed E-state index contributed by atoms with van der Waals surface area (Å²) in [6, 6.07) is -0.805. The maximum absolute atomic E-state index is 13.1. The second-order valence-corrected chi connectivity index (χ2v) is 21.1. The molecule has 0 aliphatic carbocycles. The van der Waals surface area contributed by atoms with E-state index in [1.54, 1.807) is 6.08 Å². The zero-order valence-corrected chi connectivity index (χ0v) is 45.3. The molecule has 1 heterocycles. The Bertz CT molecular complexity index is 1130. The van der Waals surface area contributed by atoms with Crippen LogP contribution in [0.25, 0.3) is 0 Å². The maximum Gasteiger partial charge on any atom is 0.220 e. The van der Waals surface area contributed by atoms with Gasteiger partial charge in [-0.1, -0.05) is 269 Å². The van der Waals surface area contributed by atoms with Crippen molar-refractivity contribution in [2.24, 2.45) is 0 Å². The van der Waals surface area contributed by atoms with Gasteiger partial charge < -0.3 is 40.3 Å². The van der Waals surface area contributed by atoms with E-state index in [9.17, 15) is 30.3 Å². The predicted molar refractivity (Wildman–Crippen MR) is 290 cm³/mol. The number of hydrogen-bond donors (Lipinski definition) is 6. The molecule has 1 amide bonds. The van der Waals surface area contributed by atoms with Crippen molar-refractivity contribution < 1.29 is 39.8 Å². The van der Waals surface area contributed by atoms with Crippen molar-refractivity contribution in [3.63, 3.8) is 0 Å². The van der Waals surface area contributed by atoms with Crippen LogP contribution in [-0.4, -0.2) is 87.5 Å². The summed E-state index contributed by atoms with van der Waals surface area (Å²) in [4.78, 5) is 13.1. The number of aliphatic hydroxyl groups excluding tert-OH is 5. The molecule has 408 valence electrons. The van der Waals surface area contributed by atoms with Gasteiger partial charge in [0.1, 0.15) is 24.4 Å². The molecule has 7 unspecified atom stereocenters. The lowest BCUT2D eigenvalue weighted by molar-refractivity contribution is -0.302. The topological polar surface area (TPSA) is 149 Å². The lowest BCUT2D eigenvalue weighted by Crippen LogP contribution is -2.60. The van der Waals surface area contributed by atoms with Crippen LogP contribution in [0.3, 0.4) is 0 Å². The van der Waals surface area contributed by atoms with E-state index in [0.29, 0.717) is 6.42 Å². The minimum Gasteiger partial charge on any atom is -0.394 e. The molecule has 0 spiro atoms. The van der Waals surface area contributed by atoms with E-state index in [4.69, 9.17) is 9.47 Å². The van der Waals surface area contributed by atoms with Gasteiger partial charge in [-0.05, 0) is 44.9 Å². The molecule has 0 aromatic carbocycles. The van der Waals surface area contributed by atoms with Gasteiger partial charge in [0.05, 0.1) is 25.4 Å². The Kier molecular flexibility index (Phi) is 47.8. The summed E-state index contributed by atoms with van der Waals surface area (Å²) < 4.78 is 11.3. The molecule has 9 nitrogen and oxygen atoms in total. The average Bonchev–Trinajstić information content (AvgIpc) is 3.35. The number of unbranched alkanes of at least 4 members (excludes halogenated alkanes) is 40. The van der Waals surface area contributed by atoms with Gasteiger partial charge >= 0.3 is 0 Å². The molecule has 0 saturated carbocycles. The van der Waals surface area contributed by atoms with Crippen LogP contribution in [-0.2, 0) is 14.3 Å². The molecular weight excluding hydrogens is 863 g/mol. The van der Waals surface area contributed by atoms with Crippen molar-refractivity contribution in [3.05, 3.63) is 24.3 Å². The van der Waals surface area contributed by atoms with Gasteiger partial charge in [0.2, 0.25) is 5.91 Å². The van der Waals surface area contributed by atoms with Gasteiger partial charge in [-0.2, -0.15) is 0 Å². The SMILES string of the molecule is CCCCCCCCCCCCCC/C=C\CCCCCCCCCCC(=O)NC(COC1OC(CO)C(O)C(O)C1O)C(O)/C=C/CCCCCCCCCCCCCCCCCCCCCC. The zero-order chi connectivity index (χ0) is 50.1. The van der Waals surface area contributed by atoms with E-state index in [-0.39, 0.29) is 12.5 Å². The fourth-order valence-electron chi connectivity index (χ4n) is 9.74. The van der Waals surface area contributed by atoms with E-state index in [1.165, 1.54) is 238 Å². The van der Waals surface area contributed by atoms with Crippen molar-refractivity contribution in [3.8, 4) is 0 Å². The summed E-state index contributed by atoms with van der Waals surface area (Å²) in [6.07, 6.45) is 56.7. The fourth-order valence-corrected chi connectivity index (χ4v) is 9.74. The first-order chi connectivity index (χ1) is 33.8. The number of amides is 1. The van der Waals surface area contributed by atoms with Crippen LogP contribution in [0, 0.1) is 0 Å². The highest BCUT2D eigenvalue weighted by molar-refractivity contribution is 5.76. The second-order valence-electron chi connectivity index (χ2n) is 21.1. The van der Waals surface area contributed by atoms with Crippen LogP contribution in [0.15, 0.2) is 24.3 Å². The zero-order valence-electron chi connectivity index (χ0n) is 45.3. The molecule has 1 aliphatic rings. The van der Waals surface area contributed by atoms with Crippen molar-refractivity contribution in [1.82, 2.24) is 5.32 Å². The third-order valence-corrected chi connectivity index (χ3v) is 14.5. The molecule has 0 aromatic heterocycles. The number of rotatable bonds is 52. The summed E-state index contributed by atoms with van der Waals surface area (Å²) in [7, 11) is 0. The van der Waals surface area contributed by atoms with Crippen LogP contribution in [0.4, 0.5) is 0 Å². The summed E-state index contributed by atoms with van der Waals surface area (Å²) >= 11 is 0. The number of allylic oxidation sites excluding steroid dienone is 3. The molecule has 69 heavy (non-hydrogen) atoms. The van der Waals surface area contributed by atoms with Crippen molar-refractivity contribution >= 4 is 5.91 Å². The minimum absolute atomic E-state index is 0.175. The number of ether oxygens (including phenoxy) is 2. The molecule has 1 fully saturated rings. The maximum atomic E-state index is 13.1. The Morgan fingerprint density at radius 3 is 1.17 bits per heavy atom. The molecule has 9 heteroatoms. The first-order valence-electron chi connectivity index (χ1n) is 30.1. The molecule has 0 aromatic rings. The van der Waals surface area contributed by atoms with Gasteiger partial charge in [0, 0.05) is 6.42 Å². The lowest BCUT2D eigenvalue weighted by Gasteiger charge is -2.40. The Hall–Kier alpha value is -1.33. The van der Waals surface area contributed by atoms with Crippen LogP contribution >= 0.6 is 0 Å². The Labute approximate surface area is 426 Å². The van der Waals surface area contributed by atoms with Crippen LogP contribution < -0.4 is 5.32 Å². The molecule has 0 bridgehead atoms. The Balaban J connectivity index is 2.21. The molecular formula is C60H115NO8. The van der Waals surface area contributed by atoms with E-state index in [1.807, 2.05) is 6.08 Å². The molecule has 1 aliphatic heterocycles. The van der Waals surface area contributed by atoms with Gasteiger partial charge in [0.25, 0.3) is 0 Å². The highest BCUT2D eigenvalue weighted by Gasteiger charge is 2.44. The monoisotopic (exact) mass is 978 g/mol. The van der Waals surface area contributed by atoms with Crippen molar-refractivity contribution in [1.29, 1.82) is 0 Å².